The Morgan fingerprint density at radius 3 is 2.33 bits per heavy atom. The van der Waals surface area contributed by atoms with Gasteiger partial charge >= 0.3 is 5.97 Å². The summed E-state index contributed by atoms with van der Waals surface area (Å²) < 4.78 is 4.94. The number of esters is 1. The lowest BCUT2D eigenvalue weighted by atomic mass is 10.0. The number of hydrogen-bond acceptors (Lipinski definition) is 4. The van der Waals surface area contributed by atoms with Crippen LogP contribution in [0, 0.1) is 0 Å². The van der Waals surface area contributed by atoms with E-state index in [-0.39, 0.29) is 5.97 Å². The first kappa shape index (κ1) is 14.4. The van der Waals surface area contributed by atoms with Gasteiger partial charge in [0.1, 0.15) is 5.54 Å². The van der Waals surface area contributed by atoms with Crippen molar-refractivity contribution in [2.24, 2.45) is 5.73 Å². The molecule has 0 aliphatic carbocycles. The second kappa shape index (κ2) is 6.08. The first-order chi connectivity index (χ1) is 6.85. The van der Waals surface area contributed by atoms with Crippen molar-refractivity contribution in [2.45, 2.75) is 46.2 Å². The third-order valence-corrected chi connectivity index (χ3v) is 2.41. The van der Waals surface area contributed by atoms with E-state index >= 15 is 0 Å². The number of rotatable bonds is 6. The van der Waals surface area contributed by atoms with Crippen LogP contribution in [-0.4, -0.2) is 42.1 Å². The van der Waals surface area contributed by atoms with E-state index < -0.39 is 5.54 Å². The Kier molecular flexibility index (Phi) is 5.83. The lowest BCUT2D eigenvalue weighted by Crippen LogP contribution is -2.55. The molecule has 2 N–H and O–H groups in total. The fraction of sp³-hybridized carbons (Fsp3) is 0.909. The Bertz CT molecular complexity index is 203. The van der Waals surface area contributed by atoms with Gasteiger partial charge in [0.2, 0.25) is 0 Å². The van der Waals surface area contributed by atoms with Crippen molar-refractivity contribution in [1.29, 1.82) is 0 Å². The van der Waals surface area contributed by atoms with Gasteiger partial charge in [-0.25, -0.2) is 0 Å². The lowest BCUT2D eigenvalue weighted by Gasteiger charge is -2.32. The fourth-order valence-electron chi connectivity index (χ4n) is 1.44. The van der Waals surface area contributed by atoms with Crippen LogP contribution in [-0.2, 0) is 9.53 Å². The Hall–Kier alpha value is -0.610. The second-order valence-corrected chi connectivity index (χ2v) is 4.29. The van der Waals surface area contributed by atoms with Crippen molar-refractivity contribution in [3.8, 4) is 0 Å². The SMILES string of the molecule is CCOC(=O)C(C)(N)CN(CC)C(C)C. The van der Waals surface area contributed by atoms with E-state index in [4.69, 9.17) is 10.5 Å². The average molecular weight is 216 g/mol. The van der Waals surface area contributed by atoms with Gasteiger partial charge in [0.05, 0.1) is 6.61 Å². The van der Waals surface area contributed by atoms with E-state index in [9.17, 15) is 4.79 Å². The van der Waals surface area contributed by atoms with Crippen molar-refractivity contribution in [2.75, 3.05) is 19.7 Å². The summed E-state index contributed by atoms with van der Waals surface area (Å²) >= 11 is 0. The van der Waals surface area contributed by atoms with E-state index in [1.807, 2.05) is 0 Å². The Labute approximate surface area is 92.8 Å². The standard InChI is InChI=1S/C11H24N2O2/c1-6-13(9(3)4)8-11(5,12)10(14)15-7-2/h9H,6-8,12H2,1-5H3. The molecule has 0 spiro atoms. The van der Waals surface area contributed by atoms with E-state index in [1.165, 1.54) is 0 Å². The topological polar surface area (TPSA) is 55.6 Å². The van der Waals surface area contributed by atoms with Crippen molar-refractivity contribution in [3.05, 3.63) is 0 Å². The molecule has 0 radical (unpaired) electrons. The number of hydrogen-bond donors (Lipinski definition) is 1. The third kappa shape index (κ3) is 4.62. The molecule has 0 bridgehead atoms. The number of ether oxygens (including phenoxy) is 1. The molecule has 0 saturated heterocycles. The van der Waals surface area contributed by atoms with E-state index in [0.717, 1.165) is 6.54 Å². The summed E-state index contributed by atoms with van der Waals surface area (Å²) in [4.78, 5) is 13.7. The highest BCUT2D eigenvalue weighted by Crippen LogP contribution is 2.08. The molecule has 0 aliphatic heterocycles. The smallest absolute Gasteiger partial charge is 0.327 e. The number of carbonyl (C=O) groups excluding carboxylic acids is 1. The summed E-state index contributed by atoms with van der Waals surface area (Å²) in [6.07, 6.45) is 0. The zero-order valence-corrected chi connectivity index (χ0v) is 10.5. The number of likely N-dealkylation sites (N-methyl/N-ethyl adjacent to an activating group) is 1. The predicted molar refractivity (Wildman–Crippen MR) is 61.6 cm³/mol. The predicted octanol–water partition coefficient (Wildman–Crippen LogP) is 0.997. The van der Waals surface area contributed by atoms with Crippen molar-refractivity contribution < 1.29 is 9.53 Å². The molecule has 1 unspecified atom stereocenters. The van der Waals surface area contributed by atoms with Gasteiger partial charge in [-0.1, -0.05) is 6.92 Å². The molecule has 0 saturated carbocycles. The van der Waals surface area contributed by atoms with Gasteiger partial charge in [0, 0.05) is 12.6 Å². The molecular formula is C11H24N2O2. The highest BCUT2D eigenvalue weighted by molar-refractivity contribution is 5.80. The van der Waals surface area contributed by atoms with Crippen LogP contribution in [0.5, 0.6) is 0 Å². The van der Waals surface area contributed by atoms with Gasteiger partial charge in [0.25, 0.3) is 0 Å². The molecule has 0 heterocycles. The lowest BCUT2D eigenvalue weighted by molar-refractivity contribution is -0.149. The molecule has 15 heavy (non-hydrogen) atoms. The largest absolute Gasteiger partial charge is 0.465 e. The Morgan fingerprint density at radius 2 is 2.00 bits per heavy atom. The van der Waals surface area contributed by atoms with Crippen LogP contribution in [0.15, 0.2) is 0 Å². The zero-order chi connectivity index (χ0) is 12.1. The number of carbonyl (C=O) groups is 1. The summed E-state index contributed by atoms with van der Waals surface area (Å²) in [6.45, 7) is 11.5. The number of nitrogens with zero attached hydrogens (tertiary/aromatic N) is 1. The molecule has 1 atom stereocenters. The van der Waals surface area contributed by atoms with Crippen molar-refractivity contribution in [3.63, 3.8) is 0 Å². The number of nitrogens with two attached hydrogens (primary N) is 1. The minimum atomic E-state index is -0.920. The summed E-state index contributed by atoms with van der Waals surface area (Å²) in [5.74, 6) is -0.330. The van der Waals surface area contributed by atoms with Gasteiger partial charge in [-0.05, 0) is 34.2 Å². The summed E-state index contributed by atoms with van der Waals surface area (Å²) in [5, 5.41) is 0. The highest BCUT2D eigenvalue weighted by Gasteiger charge is 2.32. The second-order valence-electron chi connectivity index (χ2n) is 4.29. The quantitative estimate of drug-likeness (QED) is 0.673. The van der Waals surface area contributed by atoms with Crippen LogP contribution in [0.4, 0.5) is 0 Å². The maximum atomic E-state index is 11.6. The van der Waals surface area contributed by atoms with Gasteiger partial charge in [-0.15, -0.1) is 0 Å². The molecule has 0 aliphatic rings. The van der Waals surface area contributed by atoms with E-state index in [0.29, 0.717) is 19.2 Å². The summed E-state index contributed by atoms with van der Waals surface area (Å²) in [5.41, 5.74) is 5.02. The van der Waals surface area contributed by atoms with Gasteiger partial charge in [-0.3, -0.25) is 9.69 Å². The maximum Gasteiger partial charge on any atom is 0.327 e. The van der Waals surface area contributed by atoms with Crippen LogP contribution in [0.3, 0.4) is 0 Å². The van der Waals surface area contributed by atoms with Crippen molar-refractivity contribution in [1.82, 2.24) is 4.90 Å². The van der Waals surface area contributed by atoms with Gasteiger partial charge < -0.3 is 10.5 Å². The van der Waals surface area contributed by atoms with Crippen LogP contribution in [0.2, 0.25) is 0 Å². The first-order valence-corrected chi connectivity index (χ1v) is 5.55. The minimum absolute atomic E-state index is 0.330. The molecule has 0 amide bonds. The summed E-state index contributed by atoms with van der Waals surface area (Å²) in [6, 6.07) is 0.382. The van der Waals surface area contributed by atoms with Crippen LogP contribution >= 0.6 is 0 Å². The van der Waals surface area contributed by atoms with E-state index in [1.54, 1.807) is 13.8 Å². The third-order valence-electron chi connectivity index (χ3n) is 2.41. The van der Waals surface area contributed by atoms with Crippen molar-refractivity contribution >= 4 is 5.97 Å². The monoisotopic (exact) mass is 216 g/mol. The minimum Gasteiger partial charge on any atom is -0.465 e. The molecule has 4 nitrogen and oxygen atoms in total. The van der Waals surface area contributed by atoms with E-state index in [2.05, 4.69) is 25.7 Å². The van der Waals surface area contributed by atoms with Gasteiger partial charge in [0.15, 0.2) is 0 Å². The summed E-state index contributed by atoms with van der Waals surface area (Å²) in [7, 11) is 0. The normalized spacial score (nSPS) is 15.5. The average Bonchev–Trinajstić information content (AvgIpc) is 2.14. The van der Waals surface area contributed by atoms with Crippen LogP contribution in [0.1, 0.15) is 34.6 Å². The fourth-order valence-corrected chi connectivity index (χ4v) is 1.44. The van der Waals surface area contributed by atoms with Crippen LogP contribution in [0.25, 0.3) is 0 Å². The molecule has 0 aromatic heterocycles. The molecule has 4 heteroatoms. The first-order valence-electron chi connectivity index (χ1n) is 5.55. The molecule has 90 valence electrons. The Balaban J connectivity index is 4.39. The van der Waals surface area contributed by atoms with Crippen LogP contribution < -0.4 is 5.73 Å². The maximum absolute atomic E-state index is 11.6. The molecule has 0 aromatic carbocycles. The van der Waals surface area contributed by atoms with Gasteiger partial charge in [-0.2, -0.15) is 0 Å². The molecule has 0 fully saturated rings. The zero-order valence-electron chi connectivity index (χ0n) is 10.5. The molecule has 0 aromatic rings. The Morgan fingerprint density at radius 1 is 1.47 bits per heavy atom. The molecule has 0 rings (SSSR count). The molecular weight excluding hydrogens is 192 g/mol. The highest BCUT2D eigenvalue weighted by atomic mass is 16.5.